The Morgan fingerprint density at radius 2 is 1.86 bits per heavy atom. The molecule has 0 aliphatic rings. The lowest BCUT2D eigenvalue weighted by molar-refractivity contribution is 0.0696. The molecule has 0 aliphatic carbocycles. The summed E-state index contributed by atoms with van der Waals surface area (Å²) in [5, 5.41) is 11.7. The number of aromatic carboxylic acids is 1. The molecule has 0 aromatic heterocycles. The molecule has 2 aromatic rings. The van der Waals surface area contributed by atoms with Crippen LogP contribution in [0.25, 0.3) is 0 Å². The number of hydrogen-bond acceptors (Lipinski definition) is 3. The molecule has 4 N–H and O–H groups in total. The number of halogens is 2. The van der Waals surface area contributed by atoms with E-state index in [0.29, 0.717) is 21.4 Å². The molecule has 0 radical (unpaired) electrons. The van der Waals surface area contributed by atoms with Gasteiger partial charge in [0.25, 0.3) is 5.91 Å². The molecule has 0 heterocycles. The second-order valence-corrected chi connectivity index (χ2v) is 5.45. The van der Waals surface area contributed by atoms with Gasteiger partial charge in [0, 0.05) is 15.8 Å². The second-order valence-electron chi connectivity index (χ2n) is 4.19. The highest BCUT2D eigenvalue weighted by atomic mass is 79.9. The van der Waals surface area contributed by atoms with Gasteiger partial charge in [0.1, 0.15) is 0 Å². The Balaban J connectivity index is 2.29. The van der Waals surface area contributed by atoms with Gasteiger partial charge in [-0.25, -0.2) is 4.79 Å². The molecule has 21 heavy (non-hydrogen) atoms. The highest BCUT2D eigenvalue weighted by Gasteiger charge is 2.13. The van der Waals surface area contributed by atoms with Crippen molar-refractivity contribution >= 4 is 50.8 Å². The lowest BCUT2D eigenvalue weighted by Crippen LogP contribution is -2.13. The summed E-state index contributed by atoms with van der Waals surface area (Å²) in [5.41, 5.74) is 6.69. The average Bonchev–Trinajstić information content (AvgIpc) is 2.43. The number of benzene rings is 2. The van der Waals surface area contributed by atoms with Gasteiger partial charge >= 0.3 is 5.97 Å². The molecular formula is C14H10BrClN2O3. The Morgan fingerprint density at radius 1 is 1.14 bits per heavy atom. The number of rotatable bonds is 3. The van der Waals surface area contributed by atoms with Crippen LogP contribution in [-0.2, 0) is 0 Å². The maximum atomic E-state index is 12.2. The first-order valence-corrected chi connectivity index (χ1v) is 6.95. The quantitative estimate of drug-likeness (QED) is 0.720. The van der Waals surface area contributed by atoms with Gasteiger partial charge in [-0.2, -0.15) is 0 Å². The van der Waals surface area contributed by atoms with Crippen LogP contribution in [0.5, 0.6) is 0 Å². The molecular weight excluding hydrogens is 360 g/mol. The number of carboxylic acid groups (broad SMARTS) is 1. The number of carboxylic acids is 1. The van der Waals surface area contributed by atoms with Gasteiger partial charge in [0.15, 0.2) is 0 Å². The maximum Gasteiger partial charge on any atom is 0.337 e. The molecule has 0 atom stereocenters. The van der Waals surface area contributed by atoms with Crippen LogP contribution in [0.2, 0.25) is 5.02 Å². The molecule has 0 spiro atoms. The molecule has 2 aromatic carbocycles. The second kappa shape index (κ2) is 6.15. The van der Waals surface area contributed by atoms with Crippen molar-refractivity contribution in [1.82, 2.24) is 0 Å². The highest BCUT2D eigenvalue weighted by molar-refractivity contribution is 9.10. The fraction of sp³-hybridized carbons (Fsp3) is 0. The van der Waals surface area contributed by atoms with E-state index in [1.807, 2.05) is 0 Å². The van der Waals surface area contributed by atoms with Crippen molar-refractivity contribution in [2.75, 3.05) is 11.1 Å². The molecule has 0 bridgehead atoms. The van der Waals surface area contributed by atoms with Crippen LogP contribution in [0.1, 0.15) is 20.7 Å². The maximum absolute atomic E-state index is 12.2. The average molecular weight is 370 g/mol. The van der Waals surface area contributed by atoms with E-state index in [-0.39, 0.29) is 10.6 Å². The van der Waals surface area contributed by atoms with Crippen molar-refractivity contribution in [3.8, 4) is 0 Å². The summed E-state index contributed by atoms with van der Waals surface area (Å²) in [5.74, 6) is -1.57. The fourth-order valence-electron chi connectivity index (χ4n) is 1.68. The normalized spacial score (nSPS) is 10.2. The molecule has 0 fully saturated rings. The molecule has 0 saturated carbocycles. The molecule has 1 amide bonds. The summed E-state index contributed by atoms with van der Waals surface area (Å²) in [7, 11) is 0. The van der Waals surface area contributed by atoms with Crippen LogP contribution in [0.3, 0.4) is 0 Å². The summed E-state index contributed by atoms with van der Waals surface area (Å²) >= 11 is 9.04. The Morgan fingerprint density at radius 3 is 2.52 bits per heavy atom. The monoisotopic (exact) mass is 368 g/mol. The van der Waals surface area contributed by atoms with Crippen LogP contribution in [0.4, 0.5) is 11.4 Å². The number of amides is 1. The van der Waals surface area contributed by atoms with Crippen LogP contribution in [0.15, 0.2) is 40.9 Å². The van der Waals surface area contributed by atoms with Crippen molar-refractivity contribution in [3.63, 3.8) is 0 Å². The summed E-state index contributed by atoms with van der Waals surface area (Å²) in [6, 6.07) is 9.07. The summed E-state index contributed by atoms with van der Waals surface area (Å²) in [6.07, 6.45) is 0. The molecule has 7 heteroatoms. The summed E-state index contributed by atoms with van der Waals surface area (Å²) in [6.45, 7) is 0. The van der Waals surface area contributed by atoms with Crippen molar-refractivity contribution in [1.29, 1.82) is 0 Å². The van der Waals surface area contributed by atoms with E-state index in [4.69, 9.17) is 22.4 Å². The molecule has 0 aliphatic heterocycles. The summed E-state index contributed by atoms with van der Waals surface area (Å²) in [4.78, 5) is 23.2. The molecule has 0 unspecified atom stereocenters. The number of hydrogen-bond donors (Lipinski definition) is 3. The standard InChI is InChI=1S/C14H10BrClN2O3/c15-11-3-1-7(17)5-9(11)13(19)18-8-2-4-12(16)10(6-8)14(20)21/h1-6H,17H2,(H,18,19)(H,20,21). The minimum atomic E-state index is -1.17. The minimum absolute atomic E-state index is 0.0823. The third-order valence-corrected chi connectivity index (χ3v) is 3.71. The molecule has 0 saturated heterocycles. The van der Waals surface area contributed by atoms with E-state index in [1.54, 1.807) is 12.1 Å². The third-order valence-electron chi connectivity index (χ3n) is 2.69. The largest absolute Gasteiger partial charge is 0.478 e. The van der Waals surface area contributed by atoms with E-state index in [1.165, 1.54) is 24.3 Å². The number of nitrogens with one attached hydrogen (secondary N) is 1. The van der Waals surface area contributed by atoms with Crippen molar-refractivity contribution in [2.45, 2.75) is 0 Å². The molecule has 108 valence electrons. The first kappa shape index (κ1) is 15.3. The number of nitrogen functional groups attached to an aromatic ring is 1. The topological polar surface area (TPSA) is 92.4 Å². The first-order chi connectivity index (χ1) is 9.88. The Hall–Kier alpha value is -2.05. The van der Waals surface area contributed by atoms with Crippen LogP contribution >= 0.6 is 27.5 Å². The number of nitrogens with two attached hydrogens (primary N) is 1. The summed E-state index contributed by atoms with van der Waals surface area (Å²) < 4.78 is 0.585. The number of carbonyl (C=O) groups excluding carboxylic acids is 1. The van der Waals surface area contributed by atoms with Gasteiger partial charge in [0.05, 0.1) is 16.1 Å². The molecule has 5 nitrogen and oxygen atoms in total. The van der Waals surface area contributed by atoms with E-state index in [9.17, 15) is 9.59 Å². The third kappa shape index (κ3) is 3.53. The first-order valence-electron chi connectivity index (χ1n) is 5.77. The van der Waals surface area contributed by atoms with Gasteiger partial charge in [-0.05, 0) is 52.3 Å². The Kier molecular flexibility index (Phi) is 4.50. The van der Waals surface area contributed by atoms with Crippen LogP contribution < -0.4 is 11.1 Å². The number of carbonyl (C=O) groups is 2. The Labute approximate surface area is 133 Å². The predicted molar refractivity (Wildman–Crippen MR) is 84.9 cm³/mol. The smallest absolute Gasteiger partial charge is 0.337 e. The van der Waals surface area contributed by atoms with Crippen LogP contribution in [0, 0.1) is 0 Å². The SMILES string of the molecule is Nc1ccc(Br)c(C(=O)Nc2ccc(Cl)c(C(=O)O)c2)c1. The van der Waals surface area contributed by atoms with E-state index in [2.05, 4.69) is 21.2 Å². The van der Waals surface area contributed by atoms with Gasteiger partial charge in [-0.15, -0.1) is 0 Å². The Bertz CT molecular complexity index is 734. The van der Waals surface area contributed by atoms with Gasteiger partial charge in [-0.3, -0.25) is 4.79 Å². The van der Waals surface area contributed by atoms with Crippen molar-refractivity contribution in [3.05, 3.63) is 57.0 Å². The van der Waals surface area contributed by atoms with Gasteiger partial charge < -0.3 is 16.2 Å². The van der Waals surface area contributed by atoms with Crippen molar-refractivity contribution < 1.29 is 14.7 Å². The number of anilines is 2. The highest BCUT2D eigenvalue weighted by Crippen LogP contribution is 2.23. The van der Waals surface area contributed by atoms with Gasteiger partial charge in [0.2, 0.25) is 0 Å². The molecule has 2 rings (SSSR count). The zero-order chi connectivity index (χ0) is 15.6. The van der Waals surface area contributed by atoms with E-state index >= 15 is 0 Å². The van der Waals surface area contributed by atoms with Crippen LogP contribution in [-0.4, -0.2) is 17.0 Å². The lowest BCUT2D eigenvalue weighted by atomic mass is 10.1. The predicted octanol–water partition coefficient (Wildman–Crippen LogP) is 3.64. The fourth-order valence-corrected chi connectivity index (χ4v) is 2.31. The lowest BCUT2D eigenvalue weighted by Gasteiger charge is -2.09. The zero-order valence-corrected chi connectivity index (χ0v) is 12.9. The minimum Gasteiger partial charge on any atom is -0.478 e. The van der Waals surface area contributed by atoms with E-state index in [0.717, 1.165) is 0 Å². The van der Waals surface area contributed by atoms with Crippen molar-refractivity contribution in [2.24, 2.45) is 0 Å². The van der Waals surface area contributed by atoms with Gasteiger partial charge in [-0.1, -0.05) is 11.6 Å². The zero-order valence-electron chi connectivity index (χ0n) is 10.6. The van der Waals surface area contributed by atoms with E-state index < -0.39 is 11.9 Å².